The van der Waals surface area contributed by atoms with Gasteiger partial charge in [-0.3, -0.25) is 4.90 Å². The number of hydrogen-bond donors (Lipinski definition) is 0. The second kappa shape index (κ2) is 9.81. The fourth-order valence-electron chi connectivity index (χ4n) is 4.37. The second-order valence-corrected chi connectivity index (χ2v) is 9.85. The van der Waals surface area contributed by atoms with Crippen LogP contribution in [0.15, 0.2) is 101 Å². The molecule has 0 spiro atoms. The molecule has 0 saturated heterocycles. The molecule has 4 aromatic rings. The molecular formula is C29H29NOS. The summed E-state index contributed by atoms with van der Waals surface area (Å²) in [6, 6.07) is 28.5. The van der Waals surface area contributed by atoms with E-state index in [1.165, 1.54) is 32.5 Å². The molecule has 1 aliphatic rings. The molecule has 1 aromatic heterocycles. The highest BCUT2D eigenvalue weighted by Crippen LogP contribution is 2.38. The topological polar surface area (TPSA) is 16.4 Å². The minimum atomic E-state index is 0.464. The number of nitrogens with zero attached hydrogens (tertiary/aromatic N) is 1. The maximum absolute atomic E-state index is 5.59. The highest BCUT2D eigenvalue weighted by Gasteiger charge is 2.18. The molecule has 0 amide bonds. The molecule has 1 unspecified atom stereocenters. The number of furan rings is 1. The minimum absolute atomic E-state index is 0.464. The van der Waals surface area contributed by atoms with Gasteiger partial charge in [0.25, 0.3) is 0 Å². The summed E-state index contributed by atoms with van der Waals surface area (Å²) >= 11 is 1.99. The lowest BCUT2D eigenvalue weighted by atomic mass is 9.98. The van der Waals surface area contributed by atoms with E-state index in [0.717, 1.165) is 38.1 Å². The smallest absolute Gasteiger partial charge is 0.134 e. The first-order chi connectivity index (χ1) is 15.7. The number of rotatable bonds is 7. The SMILES string of the molecule is Cc1ccc(SC(CCN2CC=C(c3ccc4ccoc4c3)CC2)c2ccccc2)cc1. The average molecular weight is 440 g/mol. The lowest BCUT2D eigenvalue weighted by Gasteiger charge is -2.28. The Bertz CT molecular complexity index is 1190. The van der Waals surface area contributed by atoms with Crippen LogP contribution in [-0.4, -0.2) is 24.5 Å². The fourth-order valence-corrected chi connectivity index (χ4v) is 5.51. The van der Waals surface area contributed by atoms with Crippen molar-refractivity contribution in [3.8, 4) is 0 Å². The van der Waals surface area contributed by atoms with E-state index >= 15 is 0 Å². The number of hydrogen-bond acceptors (Lipinski definition) is 3. The minimum Gasteiger partial charge on any atom is -0.464 e. The van der Waals surface area contributed by atoms with Crippen molar-refractivity contribution < 1.29 is 4.42 Å². The van der Waals surface area contributed by atoms with Crippen molar-refractivity contribution in [2.75, 3.05) is 19.6 Å². The van der Waals surface area contributed by atoms with Gasteiger partial charge >= 0.3 is 0 Å². The third kappa shape index (κ3) is 5.01. The third-order valence-electron chi connectivity index (χ3n) is 6.30. The van der Waals surface area contributed by atoms with Gasteiger partial charge in [0.1, 0.15) is 5.58 Å². The average Bonchev–Trinajstić information content (AvgIpc) is 3.32. The van der Waals surface area contributed by atoms with Crippen molar-refractivity contribution in [3.63, 3.8) is 0 Å². The molecule has 32 heavy (non-hydrogen) atoms. The van der Waals surface area contributed by atoms with Crippen LogP contribution in [0.3, 0.4) is 0 Å². The molecule has 0 fully saturated rings. The van der Waals surface area contributed by atoms with E-state index in [9.17, 15) is 0 Å². The van der Waals surface area contributed by atoms with Gasteiger partial charge in [-0.2, -0.15) is 0 Å². The first-order valence-electron chi connectivity index (χ1n) is 11.4. The maximum atomic E-state index is 5.59. The highest BCUT2D eigenvalue weighted by atomic mass is 32.2. The summed E-state index contributed by atoms with van der Waals surface area (Å²) in [4.78, 5) is 3.93. The van der Waals surface area contributed by atoms with Crippen LogP contribution in [0.2, 0.25) is 0 Å². The Hall–Kier alpha value is -2.75. The molecule has 2 nitrogen and oxygen atoms in total. The van der Waals surface area contributed by atoms with Crippen molar-refractivity contribution in [2.24, 2.45) is 0 Å². The molecule has 3 heteroatoms. The quantitative estimate of drug-likeness (QED) is 0.274. The monoisotopic (exact) mass is 439 g/mol. The van der Waals surface area contributed by atoms with Gasteiger partial charge in [0.05, 0.1) is 6.26 Å². The Kier molecular flexibility index (Phi) is 6.47. The molecule has 0 N–H and O–H groups in total. The van der Waals surface area contributed by atoms with E-state index < -0.39 is 0 Å². The second-order valence-electron chi connectivity index (χ2n) is 8.57. The van der Waals surface area contributed by atoms with E-state index in [-0.39, 0.29) is 0 Å². The van der Waals surface area contributed by atoms with Gasteiger partial charge in [0.2, 0.25) is 0 Å². The molecular weight excluding hydrogens is 410 g/mol. The van der Waals surface area contributed by atoms with Crippen molar-refractivity contribution in [3.05, 3.63) is 108 Å². The highest BCUT2D eigenvalue weighted by molar-refractivity contribution is 7.99. The Morgan fingerprint density at radius 3 is 2.59 bits per heavy atom. The summed E-state index contributed by atoms with van der Waals surface area (Å²) in [5, 5.41) is 1.63. The van der Waals surface area contributed by atoms with Gasteiger partial charge in [-0.25, -0.2) is 0 Å². The number of benzene rings is 3. The predicted molar refractivity (Wildman–Crippen MR) is 136 cm³/mol. The summed E-state index contributed by atoms with van der Waals surface area (Å²) in [5.74, 6) is 0. The van der Waals surface area contributed by atoms with Gasteiger partial charge in [0, 0.05) is 28.6 Å². The van der Waals surface area contributed by atoms with Gasteiger partial charge < -0.3 is 4.42 Å². The van der Waals surface area contributed by atoms with E-state index in [0.29, 0.717) is 5.25 Å². The van der Waals surface area contributed by atoms with Gasteiger partial charge in [-0.1, -0.05) is 66.2 Å². The largest absolute Gasteiger partial charge is 0.464 e. The Balaban J connectivity index is 1.24. The van der Waals surface area contributed by atoms with E-state index in [4.69, 9.17) is 4.42 Å². The number of fused-ring (bicyclic) bond motifs is 1. The number of thioether (sulfide) groups is 1. The van der Waals surface area contributed by atoms with Crippen LogP contribution in [0.1, 0.15) is 34.8 Å². The standard InChI is InChI=1S/C29H29NOS/c1-22-7-11-27(12-8-22)32-29(25-5-3-2-4-6-25)15-19-30-17-13-23(14-18-30)26-10-9-24-16-20-31-28(24)21-26/h2-13,16,20-21,29H,14-15,17-19H2,1H3. The zero-order chi connectivity index (χ0) is 21.8. The summed E-state index contributed by atoms with van der Waals surface area (Å²) < 4.78 is 5.59. The summed E-state index contributed by atoms with van der Waals surface area (Å²) in [5.41, 5.74) is 6.44. The van der Waals surface area contributed by atoms with Gasteiger partial charge in [-0.05, 0) is 67.3 Å². The lowest BCUT2D eigenvalue weighted by Crippen LogP contribution is -2.30. The van der Waals surface area contributed by atoms with Crippen LogP contribution in [0.25, 0.3) is 16.5 Å². The van der Waals surface area contributed by atoms with Crippen molar-refractivity contribution in [1.29, 1.82) is 0 Å². The van der Waals surface area contributed by atoms with Crippen molar-refractivity contribution in [1.82, 2.24) is 4.90 Å². The number of aryl methyl sites for hydroxylation is 1. The first-order valence-corrected chi connectivity index (χ1v) is 12.3. The molecule has 5 rings (SSSR count). The predicted octanol–water partition coefficient (Wildman–Crippen LogP) is 7.75. The van der Waals surface area contributed by atoms with Crippen molar-refractivity contribution >= 4 is 28.3 Å². The van der Waals surface area contributed by atoms with E-state index in [2.05, 4.69) is 90.7 Å². The lowest BCUT2D eigenvalue weighted by molar-refractivity contribution is 0.297. The normalized spacial score (nSPS) is 15.6. The summed E-state index contributed by atoms with van der Waals surface area (Å²) in [7, 11) is 0. The van der Waals surface area contributed by atoms with Gasteiger partial charge in [0.15, 0.2) is 0 Å². The zero-order valence-corrected chi connectivity index (χ0v) is 19.4. The zero-order valence-electron chi connectivity index (χ0n) is 18.5. The van der Waals surface area contributed by atoms with Crippen LogP contribution in [-0.2, 0) is 0 Å². The fraction of sp³-hybridized carbons (Fsp3) is 0.241. The van der Waals surface area contributed by atoms with Crippen LogP contribution >= 0.6 is 11.8 Å². The molecule has 0 radical (unpaired) electrons. The maximum Gasteiger partial charge on any atom is 0.134 e. The molecule has 0 saturated carbocycles. The van der Waals surface area contributed by atoms with E-state index in [1.807, 2.05) is 17.8 Å². The third-order valence-corrected chi connectivity index (χ3v) is 7.64. The molecule has 0 aliphatic carbocycles. The molecule has 1 aliphatic heterocycles. The van der Waals surface area contributed by atoms with Crippen LogP contribution in [0.4, 0.5) is 0 Å². The molecule has 1 atom stereocenters. The van der Waals surface area contributed by atoms with Crippen molar-refractivity contribution in [2.45, 2.75) is 29.9 Å². The van der Waals surface area contributed by atoms with Crippen LogP contribution in [0, 0.1) is 6.92 Å². The Morgan fingerprint density at radius 1 is 0.969 bits per heavy atom. The Morgan fingerprint density at radius 2 is 1.81 bits per heavy atom. The van der Waals surface area contributed by atoms with E-state index in [1.54, 1.807) is 6.26 Å². The first kappa shape index (κ1) is 21.1. The molecule has 162 valence electrons. The molecule has 3 aromatic carbocycles. The van der Waals surface area contributed by atoms with Gasteiger partial charge in [-0.15, -0.1) is 11.8 Å². The molecule has 2 heterocycles. The van der Waals surface area contributed by atoms with Crippen LogP contribution in [0.5, 0.6) is 0 Å². The Labute approximate surface area is 194 Å². The van der Waals surface area contributed by atoms with Crippen LogP contribution < -0.4 is 0 Å². The summed E-state index contributed by atoms with van der Waals surface area (Å²) in [6.45, 7) is 5.38. The summed E-state index contributed by atoms with van der Waals surface area (Å²) in [6.07, 6.45) is 6.40. The molecule has 0 bridgehead atoms.